The number of hydrogen-bond acceptors (Lipinski definition) is 3. The van der Waals surface area contributed by atoms with Crippen LogP contribution in [-0.2, 0) is 20.0 Å². The molecule has 1 aliphatic carbocycles. The van der Waals surface area contributed by atoms with Crippen LogP contribution in [0.2, 0.25) is 0 Å². The highest BCUT2D eigenvalue weighted by molar-refractivity contribution is 5.92. The van der Waals surface area contributed by atoms with Gasteiger partial charge in [0.15, 0.2) is 0 Å². The molecule has 29 heavy (non-hydrogen) atoms. The monoisotopic (exact) mass is 394 g/mol. The third-order valence-electron chi connectivity index (χ3n) is 6.44. The molecule has 5 nitrogen and oxygen atoms in total. The fourth-order valence-electron chi connectivity index (χ4n) is 4.40. The Morgan fingerprint density at radius 2 is 1.69 bits per heavy atom. The van der Waals surface area contributed by atoms with Crippen molar-refractivity contribution in [2.75, 3.05) is 26.7 Å². The van der Waals surface area contributed by atoms with Gasteiger partial charge in [-0.3, -0.25) is 9.48 Å². The Kier molecular flexibility index (Phi) is 6.04. The van der Waals surface area contributed by atoms with E-state index in [1.54, 1.807) is 4.68 Å². The molecule has 1 aliphatic heterocycles. The molecule has 5 heteroatoms. The zero-order chi connectivity index (χ0) is 20.4. The first-order valence-corrected chi connectivity index (χ1v) is 11.0. The average molecular weight is 395 g/mol. The minimum atomic E-state index is 0.0930. The van der Waals surface area contributed by atoms with Crippen LogP contribution < -0.4 is 0 Å². The summed E-state index contributed by atoms with van der Waals surface area (Å²) in [4.78, 5) is 17.6. The largest absolute Gasteiger partial charge is 0.333 e. The van der Waals surface area contributed by atoms with Crippen molar-refractivity contribution in [1.29, 1.82) is 0 Å². The van der Waals surface area contributed by atoms with Crippen LogP contribution in [0.25, 0.3) is 0 Å². The third-order valence-corrected chi connectivity index (χ3v) is 6.44. The Morgan fingerprint density at radius 1 is 1.03 bits per heavy atom. The topological polar surface area (TPSA) is 41.4 Å². The number of nitrogens with zero attached hydrogens (tertiary/aromatic N) is 4. The van der Waals surface area contributed by atoms with E-state index < -0.39 is 0 Å². The highest BCUT2D eigenvalue weighted by Crippen LogP contribution is 2.31. The number of hydrogen-bond donors (Lipinski definition) is 0. The molecular weight excluding hydrogens is 360 g/mol. The molecule has 0 bridgehead atoms. The Bertz CT molecular complexity index is 829. The molecule has 1 saturated carbocycles. The van der Waals surface area contributed by atoms with E-state index in [0.717, 1.165) is 18.2 Å². The average Bonchev–Trinajstić information content (AvgIpc) is 3.46. The van der Waals surface area contributed by atoms with Gasteiger partial charge in [-0.2, -0.15) is 5.10 Å². The second-order valence-electron chi connectivity index (χ2n) is 9.19. The lowest BCUT2D eigenvalue weighted by Gasteiger charge is -2.29. The summed E-state index contributed by atoms with van der Waals surface area (Å²) in [5, 5.41) is 4.35. The van der Waals surface area contributed by atoms with Crippen LogP contribution in [0.5, 0.6) is 0 Å². The molecule has 0 N–H and O–H groups in total. The van der Waals surface area contributed by atoms with E-state index in [4.69, 9.17) is 0 Å². The van der Waals surface area contributed by atoms with Crippen LogP contribution in [0.3, 0.4) is 0 Å². The molecule has 0 spiro atoms. The minimum absolute atomic E-state index is 0.0930. The van der Waals surface area contributed by atoms with Gasteiger partial charge in [0.1, 0.15) is 5.69 Å². The highest BCUT2D eigenvalue weighted by Gasteiger charge is 2.28. The number of aromatic nitrogens is 2. The Morgan fingerprint density at radius 3 is 2.28 bits per heavy atom. The van der Waals surface area contributed by atoms with Gasteiger partial charge in [0.25, 0.3) is 5.91 Å². The van der Waals surface area contributed by atoms with Crippen molar-refractivity contribution >= 4 is 5.91 Å². The van der Waals surface area contributed by atoms with Gasteiger partial charge < -0.3 is 9.80 Å². The number of rotatable bonds is 7. The summed E-state index contributed by atoms with van der Waals surface area (Å²) in [5.41, 5.74) is 4.21. The summed E-state index contributed by atoms with van der Waals surface area (Å²) in [6, 6.07) is 10.9. The summed E-state index contributed by atoms with van der Waals surface area (Å²) in [6.45, 7) is 5.89. The molecule has 1 amide bonds. The van der Waals surface area contributed by atoms with Crippen LogP contribution >= 0.6 is 0 Å². The van der Waals surface area contributed by atoms with E-state index in [-0.39, 0.29) is 5.91 Å². The van der Waals surface area contributed by atoms with E-state index in [1.807, 2.05) is 24.9 Å². The van der Waals surface area contributed by atoms with Crippen molar-refractivity contribution in [3.63, 3.8) is 0 Å². The zero-order valence-corrected chi connectivity index (χ0v) is 18.1. The Balaban J connectivity index is 1.40. The van der Waals surface area contributed by atoms with E-state index in [9.17, 15) is 4.79 Å². The molecule has 4 rings (SSSR count). The summed E-state index contributed by atoms with van der Waals surface area (Å²) < 4.78 is 1.71. The van der Waals surface area contributed by atoms with Crippen molar-refractivity contribution in [2.24, 2.45) is 18.9 Å². The van der Waals surface area contributed by atoms with Gasteiger partial charge in [-0.1, -0.05) is 24.3 Å². The number of likely N-dealkylation sites (tertiary alicyclic amines) is 1. The number of aryl methyl sites for hydroxylation is 2. The molecule has 2 fully saturated rings. The van der Waals surface area contributed by atoms with Crippen molar-refractivity contribution < 1.29 is 4.79 Å². The highest BCUT2D eigenvalue weighted by atomic mass is 16.2. The summed E-state index contributed by atoms with van der Waals surface area (Å²) >= 11 is 0. The molecule has 1 aromatic heterocycles. The molecule has 0 unspecified atom stereocenters. The van der Waals surface area contributed by atoms with Crippen molar-refractivity contribution in [3.05, 3.63) is 52.8 Å². The van der Waals surface area contributed by atoms with Crippen LogP contribution in [0, 0.1) is 18.8 Å². The molecular formula is C24H34N4O. The lowest BCUT2D eigenvalue weighted by molar-refractivity contribution is 0.0723. The maximum Gasteiger partial charge on any atom is 0.272 e. The molecule has 0 radical (unpaired) electrons. The van der Waals surface area contributed by atoms with Crippen LogP contribution in [0.4, 0.5) is 0 Å². The van der Waals surface area contributed by atoms with E-state index >= 15 is 0 Å². The summed E-state index contributed by atoms with van der Waals surface area (Å²) in [6.07, 6.45) is 6.25. The maximum atomic E-state index is 13.2. The fourth-order valence-corrected chi connectivity index (χ4v) is 4.40. The fraction of sp³-hybridized carbons (Fsp3) is 0.583. The first kappa shape index (κ1) is 20.1. The SMILES string of the molecule is Cc1cc(C(=O)N(Cc2ccc(CC3CCN(C)CC3)cc2)CC2CC2)n(C)n1. The van der Waals surface area contributed by atoms with Gasteiger partial charge in [0.05, 0.1) is 5.69 Å². The van der Waals surface area contributed by atoms with Gasteiger partial charge in [-0.05, 0) is 88.2 Å². The van der Waals surface area contributed by atoms with Gasteiger partial charge in [-0.25, -0.2) is 0 Å². The number of piperidine rings is 1. The minimum Gasteiger partial charge on any atom is -0.333 e. The molecule has 1 saturated heterocycles. The predicted molar refractivity (Wildman–Crippen MR) is 116 cm³/mol. The summed E-state index contributed by atoms with van der Waals surface area (Å²) in [7, 11) is 4.07. The number of amides is 1. The quantitative estimate of drug-likeness (QED) is 0.720. The lowest BCUT2D eigenvalue weighted by atomic mass is 9.90. The van der Waals surface area contributed by atoms with Crippen LogP contribution in [-0.4, -0.2) is 52.2 Å². The lowest BCUT2D eigenvalue weighted by Crippen LogP contribution is -2.33. The van der Waals surface area contributed by atoms with Crippen molar-refractivity contribution in [2.45, 2.75) is 45.6 Å². The molecule has 2 heterocycles. The van der Waals surface area contributed by atoms with Crippen LogP contribution in [0.15, 0.2) is 30.3 Å². The van der Waals surface area contributed by atoms with Gasteiger partial charge in [0.2, 0.25) is 0 Å². The normalized spacial score (nSPS) is 18.2. The predicted octanol–water partition coefficient (Wildman–Crippen LogP) is 3.67. The number of benzene rings is 1. The molecule has 0 atom stereocenters. The first-order valence-electron chi connectivity index (χ1n) is 11.0. The molecule has 156 valence electrons. The zero-order valence-electron chi connectivity index (χ0n) is 18.1. The van der Waals surface area contributed by atoms with Gasteiger partial charge in [0, 0.05) is 20.1 Å². The molecule has 1 aromatic carbocycles. The number of carbonyl (C=O) groups is 1. The number of carbonyl (C=O) groups excluding carboxylic acids is 1. The standard InChI is InChI=1S/C24H34N4O/c1-18-14-23(27(3)25-18)24(29)28(17-22-8-9-22)16-21-6-4-19(5-7-21)15-20-10-12-26(2)13-11-20/h4-7,14,20,22H,8-13,15-17H2,1-3H3. The van der Waals surface area contributed by atoms with Gasteiger partial charge in [-0.15, -0.1) is 0 Å². The second kappa shape index (κ2) is 8.70. The van der Waals surface area contributed by atoms with Gasteiger partial charge >= 0.3 is 0 Å². The van der Waals surface area contributed by atoms with Crippen molar-refractivity contribution in [1.82, 2.24) is 19.6 Å². The second-order valence-corrected chi connectivity index (χ2v) is 9.19. The third kappa shape index (κ3) is 5.27. The Hall–Kier alpha value is -2.14. The maximum absolute atomic E-state index is 13.2. The molecule has 2 aliphatic rings. The summed E-state index contributed by atoms with van der Waals surface area (Å²) in [5.74, 6) is 1.56. The van der Waals surface area contributed by atoms with E-state index in [0.29, 0.717) is 18.2 Å². The van der Waals surface area contributed by atoms with Crippen LogP contribution in [0.1, 0.15) is 53.0 Å². The van der Waals surface area contributed by atoms with Crippen molar-refractivity contribution in [3.8, 4) is 0 Å². The first-order chi connectivity index (χ1) is 14.0. The smallest absolute Gasteiger partial charge is 0.272 e. The Labute approximate surface area is 174 Å². The van der Waals surface area contributed by atoms with E-state index in [1.165, 1.54) is 56.3 Å². The molecule has 2 aromatic rings. The van der Waals surface area contributed by atoms with E-state index in [2.05, 4.69) is 41.3 Å².